The second-order valence-electron chi connectivity index (χ2n) is 5.41. The number of alkyl halides is 3. The van der Waals surface area contributed by atoms with E-state index in [9.17, 15) is 31.2 Å². The molecular formula is C15H15F3O6S. The van der Waals surface area contributed by atoms with Crippen molar-refractivity contribution in [1.29, 1.82) is 0 Å². The van der Waals surface area contributed by atoms with Gasteiger partial charge >= 0.3 is 21.6 Å². The van der Waals surface area contributed by atoms with E-state index < -0.39 is 33.3 Å². The lowest BCUT2D eigenvalue weighted by atomic mass is 9.81. The van der Waals surface area contributed by atoms with E-state index in [2.05, 4.69) is 4.18 Å². The van der Waals surface area contributed by atoms with Crippen LogP contribution in [0.1, 0.15) is 35.7 Å². The summed E-state index contributed by atoms with van der Waals surface area (Å²) in [6, 6.07) is 3.28. The molecule has 1 aliphatic rings. The van der Waals surface area contributed by atoms with E-state index in [4.69, 9.17) is 4.74 Å². The van der Waals surface area contributed by atoms with Gasteiger partial charge in [-0.2, -0.15) is 21.6 Å². The van der Waals surface area contributed by atoms with Crippen molar-refractivity contribution in [2.24, 2.45) is 5.92 Å². The molecule has 6 nitrogen and oxygen atoms in total. The first kappa shape index (κ1) is 19.2. The molecule has 1 aliphatic carbocycles. The van der Waals surface area contributed by atoms with Gasteiger partial charge in [-0.15, -0.1) is 0 Å². The Morgan fingerprint density at radius 2 is 2.00 bits per heavy atom. The first-order chi connectivity index (χ1) is 11.5. The number of ketones is 1. The molecule has 0 radical (unpaired) electrons. The summed E-state index contributed by atoms with van der Waals surface area (Å²) in [6.07, 6.45) is 0.529. The Morgan fingerprint density at radius 3 is 2.60 bits per heavy atom. The van der Waals surface area contributed by atoms with Gasteiger partial charge in [-0.3, -0.25) is 9.59 Å². The van der Waals surface area contributed by atoms with Gasteiger partial charge in [0, 0.05) is 11.5 Å². The third-order valence-electron chi connectivity index (χ3n) is 3.68. The fourth-order valence-corrected chi connectivity index (χ4v) is 2.99. The zero-order valence-electron chi connectivity index (χ0n) is 13.1. The predicted octanol–water partition coefficient (Wildman–Crippen LogP) is 2.61. The topological polar surface area (TPSA) is 86.7 Å². The van der Waals surface area contributed by atoms with Crippen LogP contribution in [0.25, 0.3) is 0 Å². The summed E-state index contributed by atoms with van der Waals surface area (Å²) in [5.41, 5.74) is -4.93. The highest BCUT2D eigenvalue weighted by molar-refractivity contribution is 7.88. The predicted molar refractivity (Wildman–Crippen MR) is 79.4 cm³/mol. The second-order valence-corrected chi connectivity index (χ2v) is 6.95. The maximum atomic E-state index is 12.4. The van der Waals surface area contributed by atoms with Gasteiger partial charge in [0.25, 0.3) is 0 Å². The number of hydrogen-bond acceptors (Lipinski definition) is 6. The summed E-state index contributed by atoms with van der Waals surface area (Å²) in [4.78, 5) is 23.9. The SMILES string of the molecule is CCOC(=O)CC1CCc2cc(OS(=O)(=O)C(F)(F)F)ccc2C1=O. The number of hydrogen-bond donors (Lipinski definition) is 0. The van der Waals surface area contributed by atoms with Crippen LogP contribution in [0.15, 0.2) is 18.2 Å². The van der Waals surface area contributed by atoms with Crippen LogP contribution in [-0.2, 0) is 26.1 Å². The molecule has 0 saturated carbocycles. The molecule has 0 bridgehead atoms. The Bertz CT molecular complexity index is 785. The van der Waals surface area contributed by atoms with Crippen LogP contribution in [0.2, 0.25) is 0 Å². The average Bonchev–Trinajstić information content (AvgIpc) is 2.49. The average molecular weight is 380 g/mol. The lowest BCUT2D eigenvalue weighted by Gasteiger charge is -2.23. The van der Waals surface area contributed by atoms with E-state index in [1.807, 2.05) is 0 Å². The number of ether oxygens (including phenoxy) is 1. The molecule has 1 atom stereocenters. The minimum Gasteiger partial charge on any atom is -0.466 e. The van der Waals surface area contributed by atoms with Crippen molar-refractivity contribution in [1.82, 2.24) is 0 Å². The van der Waals surface area contributed by atoms with Gasteiger partial charge in [-0.25, -0.2) is 0 Å². The number of Topliss-reactive ketones (excluding diaryl/α,β-unsaturated/α-hetero) is 1. The van der Waals surface area contributed by atoms with Crippen molar-refractivity contribution in [3.63, 3.8) is 0 Å². The summed E-state index contributed by atoms with van der Waals surface area (Å²) in [5, 5.41) is 0. The standard InChI is InChI=1S/C15H15F3O6S/c1-2-23-13(19)8-10-4-3-9-7-11(5-6-12(9)14(10)20)24-25(21,22)15(16,17)18/h5-7,10H,2-4,8H2,1H3. The van der Waals surface area contributed by atoms with Gasteiger partial charge in [0.05, 0.1) is 13.0 Å². The number of rotatable bonds is 5. The molecule has 0 saturated heterocycles. The van der Waals surface area contributed by atoms with Crippen LogP contribution in [-0.4, -0.2) is 32.3 Å². The summed E-state index contributed by atoms with van der Waals surface area (Å²) < 4.78 is 67.9. The number of halogens is 3. The first-order valence-corrected chi connectivity index (χ1v) is 8.79. The van der Waals surface area contributed by atoms with Crippen LogP contribution < -0.4 is 4.18 Å². The van der Waals surface area contributed by atoms with Gasteiger partial charge < -0.3 is 8.92 Å². The van der Waals surface area contributed by atoms with Crippen molar-refractivity contribution in [3.05, 3.63) is 29.3 Å². The number of esters is 1. The first-order valence-electron chi connectivity index (χ1n) is 7.38. The van der Waals surface area contributed by atoms with Gasteiger partial charge in [0.2, 0.25) is 0 Å². The molecule has 10 heteroatoms. The highest BCUT2D eigenvalue weighted by Crippen LogP contribution is 2.32. The number of aryl methyl sites for hydroxylation is 1. The van der Waals surface area contributed by atoms with Crippen LogP contribution >= 0.6 is 0 Å². The molecule has 1 aromatic carbocycles. The molecule has 0 spiro atoms. The second kappa shape index (κ2) is 7.03. The van der Waals surface area contributed by atoms with Crippen LogP contribution in [0.3, 0.4) is 0 Å². The molecule has 1 aromatic rings. The van der Waals surface area contributed by atoms with Crippen molar-refractivity contribution >= 4 is 21.9 Å². The molecule has 138 valence electrons. The van der Waals surface area contributed by atoms with Gasteiger partial charge in [0.1, 0.15) is 5.75 Å². The van der Waals surface area contributed by atoms with E-state index in [0.29, 0.717) is 18.4 Å². The third kappa shape index (κ3) is 4.30. The quantitative estimate of drug-likeness (QED) is 0.443. The van der Waals surface area contributed by atoms with Crippen LogP contribution in [0.4, 0.5) is 13.2 Å². The number of carbonyl (C=O) groups excluding carboxylic acids is 2. The number of carbonyl (C=O) groups is 2. The largest absolute Gasteiger partial charge is 0.534 e. The molecule has 0 aliphatic heterocycles. The van der Waals surface area contributed by atoms with Gasteiger partial charge in [-0.05, 0) is 43.5 Å². The Labute approximate surface area is 142 Å². The third-order valence-corrected chi connectivity index (χ3v) is 4.66. The normalized spacial score (nSPS) is 17.8. The Morgan fingerprint density at radius 1 is 1.32 bits per heavy atom. The minimum absolute atomic E-state index is 0.0766. The molecular weight excluding hydrogens is 365 g/mol. The van der Waals surface area contributed by atoms with Crippen molar-refractivity contribution in [2.75, 3.05) is 6.61 Å². The zero-order chi connectivity index (χ0) is 18.8. The maximum Gasteiger partial charge on any atom is 0.534 e. The smallest absolute Gasteiger partial charge is 0.466 e. The van der Waals surface area contributed by atoms with E-state index in [1.165, 1.54) is 6.07 Å². The van der Waals surface area contributed by atoms with Gasteiger partial charge in [-0.1, -0.05) is 0 Å². The fraction of sp³-hybridized carbons (Fsp3) is 0.467. The van der Waals surface area contributed by atoms with E-state index >= 15 is 0 Å². The summed E-state index contributed by atoms with van der Waals surface area (Å²) in [6.45, 7) is 1.84. The fourth-order valence-electron chi connectivity index (χ4n) is 2.54. The van der Waals surface area contributed by atoms with Crippen LogP contribution in [0, 0.1) is 5.92 Å². The van der Waals surface area contributed by atoms with Crippen molar-refractivity contribution < 1.29 is 40.1 Å². The maximum absolute atomic E-state index is 12.4. The molecule has 0 N–H and O–H groups in total. The van der Waals surface area contributed by atoms with E-state index in [-0.39, 0.29) is 24.4 Å². The lowest BCUT2D eigenvalue weighted by molar-refractivity contribution is -0.144. The molecule has 0 amide bonds. The Balaban J connectivity index is 2.18. The van der Waals surface area contributed by atoms with Crippen molar-refractivity contribution in [2.45, 2.75) is 31.7 Å². The highest BCUT2D eigenvalue weighted by atomic mass is 32.2. The molecule has 1 unspecified atom stereocenters. The van der Waals surface area contributed by atoms with E-state index in [1.54, 1.807) is 6.92 Å². The molecule has 25 heavy (non-hydrogen) atoms. The summed E-state index contributed by atoms with van der Waals surface area (Å²) in [7, 11) is -5.77. The zero-order valence-corrected chi connectivity index (χ0v) is 13.9. The van der Waals surface area contributed by atoms with E-state index in [0.717, 1.165) is 12.1 Å². The number of benzene rings is 1. The van der Waals surface area contributed by atoms with Gasteiger partial charge in [0.15, 0.2) is 5.78 Å². The number of fused-ring (bicyclic) bond motifs is 1. The minimum atomic E-state index is -5.77. The van der Waals surface area contributed by atoms with Crippen LogP contribution in [0.5, 0.6) is 5.75 Å². The molecule has 0 aromatic heterocycles. The monoisotopic (exact) mass is 380 g/mol. The summed E-state index contributed by atoms with van der Waals surface area (Å²) >= 11 is 0. The molecule has 2 rings (SSSR count). The van der Waals surface area contributed by atoms with Crippen molar-refractivity contribution in [3.8, 4) is 5.75 Å². The Kier molecular flexibility index (Phi) is 5.40. The lowest BCUT2D eigenvalue weighted by Crippen LogP contribution is -2.28. The molecule has 0 fully saturated rings. The summed E-state index contributed by atoms with van der Waals surface area (Å²) in [5.74, 6) is -1.93. The highest BCUT2D eigenvalue weighted by Gasteiger charge is 2.48. The Hall–Kier alpha value is -2.10. The molecule has 0 heterocycles.